The lowest BCUT2D eigenvalue weighted by Gasteiger charge is -2.34. The molecule has 1 aromatic heterocycles. The summed E-state index contributed by atoms with van der Waals surface area (Å²) >= 11 is 1.40. The van der Waals surface area contributed by atoms with Crippen LogP contribution >= 0.6 is 11.3 Å². The predicted octanol–water partition coefficient (Wildman–Crippen LogP) is 3.42. The Morgan fingerprint density at radius 2 is 1.82 bits per heavy atom. The molecule has 9 nitrogen and oxygen atoms in total. The van der Waals surface area contributed by atoms with E-state index in [1.165, 1.54) is 23.5 Å². The summed E-state index contributed by atoms with van der Waals surface area (Å²) in [7, 11) is -3.40. The van der Waals surface area contributed by atoms with Gasteiger partial charge in [-0.05, 0) is 31.5 Å². The molecule has 3 aromatic rings. The van der Waals surface area contributed by atoms with E-state index in [0.29, 0.717) is 31.7 Å². The van der Waals surface area contributed by atoms with Crippen molar-refractivity contribution in [1.82, 2.24) is 9.88 Å². The Balaban J connectivity index is 1.29. The van der Waals surface area contributed by atoms with E-state index in [0.717, 1.165) is 15.4 Å². The highest BCUT2D eigenvalue weighted by Crippen LogP contribution is 2.31. The smallest absolute Gasteiger partial charge is 0.270 e. The van der Waals surface area contributed by atoms with E-state index in [4.69, 9.17) is 0 Å². The van der Waals surface area contributed by atoms with Gasteiger partial charge in [-0.3, -0.25) is 14.9 Å². The van der Waals surface area contributed by atoms with Crippen molar-refractivity contribution in [3.8, 4) is 0 Å². The van der Waals surface area contributed by atoms with Gasteiger partial charge in [0, 0.05) is 44.7 Å². The number of sulfone groups is 1. The van der Waals surface area contributed by atoms with Crippen LogP contribution in [0.3, 0.4) is 0 Å². The SMILES string of the molecule is Cc1ccc(S(=O)(=O)CCCC(=O)N2CCN(c3nc4ccc([N+](=O)[O-])cc4s3)CC2)cc1. The Morgan fingerprint density at radius 1 is 1.12 bits per heavy atom. The minimum atomic E-state index is -3.40. The summed E-state index contributed by atoms with van der Waals surface area (Å²) in [6.07, 6.45) is 0.474. The number of carbonyl (C=O) groups is 1. The maximum Gasteiger partial charge on any atom is 0.270 e. The molecule has 1 saturated heterocycles. The molecule has 0 saturated carbocycles. The number of nitrogens with zero attached hydrogens (tertiary/aromatic N) is 4. The van der Waals surface area contributed by atoms with Crippen molar-refractivity contribution in [2.24, 2.45) is 0 Å². The number of hydrogen-bond donors (Lipinski definition) is 0. The molecule has 0 atom stereocenters. The highest BCUT2D eigenvalue weighted by Gasteiger charge is 2.24. The van der Waals surface area contributed by atoms with Crippen LogP contribution in [0.1, 0.15) is 18.4 Å². The quantitative estimate of drug-likeness (QED) is 0.370. The van der Waals surface area contributed by atoms with E-state index < -0.39 is 14.8 Å². The molecule has 11 heteroatoms. The number of carbonyl (C=O) groups excluding carboxylic acids is 1. The lowest BCUT2D eigenvalue weighted by Crippen LogP contribution is -2.48. The second-order valence-electron chi connectivity index (χ2n) is 8.01. The van der Waals surface area contributed by atoms with Crippen LogP contribution in [0.15, 0.2) is 47.4 Å². The first-order valence-electron chi connectivity index (χ1n) is 10.6. The number of piperazine rings is 1. The zero-order valence-electron chi connectivity index (χ0n) is 18.1. The monoisotopic (exact) mass is 488 g/mol. The zero-order valence-corrected chi connectivity index (χ0v) is 19.8. The van der Waals surface area contributed by atoms with Gasteiger partial charge in [-0.25, -0.2) is 13.4 Å². The molecule has 33 heavy (non-hydrogen) atoms. The molecule has 1 aliphatic heterocycles. The highest BCUT2D eigenvalue weighted by molar-refractivity contribution is 7.91. The lowest BCUT2D eigenvalue weighted by molar-refractivity contribution is -0.384. The normalized spacial score (nSPS) is 14.6. The molecule has 2 aromatic carbocycles. The van der Waals surface area contributed by atoms with E-state index >= 15 is 0 Å². The van der Waals surface area contributed by atoms with Crippen molar-refractivity contribution >= 4 is 48.1 Å². The van der Waals surface area contributed by atoms with Gasteiger partial charge in [0.1, 0.15) is 0 Å². The van der Waals surface area contributed by atoms with Crippen LogP contribution in [0, 0.1) is 17.0 Å². The summed E-state index contributed by atoms with van der Waals surface area (Å²) in [6.45, 7) is 4.17. The topological polar surface area (TPSA) is 114 Å². The van der Waals surface area contributed by atoms with Crippen LogP contribution in [0.25, 0.3) is 10.2 Å². The average Bonchev–Trinajstić information content (AvgIpc) is 3.22. The van der Waals surface area contributed by atoms with Crippen molar-refractivity contribution < 1.29 is 18.1 Å². The molecule has 174 valence electrons. The van der Waals surface area contributed by atoms with Gasteiger partial charge in [-0.2, -0.15) is 0 Å². The first-order valence-corrected chi connectivity index (χ1v) is 13.1. The third kappa shape index (κ3) is 5.31. The lowest BCUT2D eigenvalue weighted by atomic mass is 10.2. The van der Waals surface area contributed by atoms with Crippen molar-refractivity contribution in [2.45, 2.75) is 24.7 Å². The van der Waals surface area contributed by atoms with E-state index in [1.807, 2.05) is 6.92 Å². The number of aromatic nitrogens is 1. The molecule has 2 heterocycles. The van der Waals surface area contributed by atoms with Crippen molar-refractivity contribution in [1.29, 1.82) is 0 Å². The fourth-order valence-electron chi connectivity index (χ4n) is 3.73. The van der Waals surface area contributed by atoms with Gasteiger partial charge in [0.2, 0.25) is 5.91 Å². The number of anilines is 1. The number of hydrogen-bond acceptors (Lipinski definition) is 8. The highest BCUT2D eigenvalue weighted by atomic mass is 32.2. The third-order valence-corrected chi connectivity index (χ3v) is 8.55. The van der Waals surface area contributed by atoms with Gasteiger partial charge in [-0.1, -0.05) is 29.0 Å². The average molecular weight is 489 g/mol. The van der Waals surface area contributed by atoms with Crippen LogP contribution in [0.2, 0.25) is 0 Å². The zero-order chi connectivity index (χ0) is 23.6. The summed E-state index contributed by atoms with van der Waals surface area (Å²) in [6, 6.07) is 11.4. The molecular formula is C22H24N4O5S2. The van der Waals surface area contributed by atoms with Crippen LogP contribution in [-0.4, -0.2) is 61.1 Å². The molecule has 1 amide bonds. The van der Waals surface area contributed by atoms with Crippen molar-refractivity contribution in [2.75, 3.05) is 36.8 Å². The van der Waals surface area contributed by atoms with E-state index in [9.17, 15) is 23.3 Å². The van der Waals surface area contributed by atoms with Gasteiger partial charge < -0.3 is 9.80 Å². The summed E-state index contributed by atoms with van der Waals surface area (Å²) in [5, 5.41) is 11.8. The van der Waals surface area contributed by atoms with Gasteiger partial charge in [-0.15, -0.1) is 0 Å². The summed E-state index contributed by atoms with van der Waals surface area (Å²) in [5.74, 6) is -0.103. The maximum atomic E-state index is 12.6. The van der Waals surface area contributed by atoms with Crippen LogP contribution in [0.5, 0.6) is 0 Å². The molecule has 1 fully saturated rings. The minimum absolute atomic E-state index is 0.0394. The van der Waals surface area contributed by atoms with Gasteiger partial charge in [0.05, 0.1) is 25.8 Å². The first-order chi connectivity index (χ1) is 15.7. The summed E-state index contributed by atoms with van der Waals surface area (Å²) in [5.41, 5.74) is 1.75. The van der Waals surface area contributed by atoms with Gasteiger partial charge >= 0.3 is 0 Å². The van der Waals surface area contributed by atoms with Crippen LogP contribution in [-0.2, 0) is 14.6 Å². The number of non-ortho nitro benzene ring substituents is 1. The largest absolute Gasteiger partial charge is 0.345 e. The minimum Gasteiger partial charge on any atom is -0.345 e. The molecule has 0 radical (unpaired) electrons. The number of nitro benzene ring substituents is 1. The summed E-state index contributed by atoms with van der Waals surface area (Å²) < 4.78 is 25.7. The Bertz CT molecular complexity index is 1280. The molecule has 4 rings (SSSR count). The number of benzene rings is 2. The van der Waals surface area contributed by atoms with Crippen LogP contribution in [0.4, 0.5) is 10.8 Å². The van der Waals surface area contributed by atoms with Gasteiger partial charge in [0.15, 0.2) is 15.0 Å². The Labute approximate surface area is 195 Å². The second-order valence-corrected chi connectivity index (χ2v) is 11.1. The fourth-order valence-corrected chi connectivity index (χ4v) is 6.09. The Kier molecular flexibility index (Phi) is 6.61. The Morgan fingerprint density at radius 3 is 2.48 bits per heavy atom. The molecule has 0 N–H and O–H groups in total. The molecule has 0 bridgehead atoms. The van der Waals surface area contributed by atoms with E-state index in [-0.39, 0.29) is 35.1 Å². The predicted molar refractivity (Wildman–Crippen MR) is 128 cm³/mol. The van der Waals surface area contributed by atoms with E-state index in [1.54, 1.807) is 35.2 Å². The first kappa shape index (κ1) is 23.1. The third-order valence-electron chi connectivity index (χ3n) is 5.66. The maximum absolute atomic E-state index is 12.6. The number of fused-ring (bicyclic) bond motifs is 1. The van der Waals surface area contributed by atoms with Crippen molar-refractivity contribution in [3.05, 3.63) is 58.1 Å². The molecule has 0 aliphatic carbocycles. The molecule has 1 aliphatic rings. The molecular weight excluding hydrogens is 464 g/mol. The molecule has 0 unspecified atom stereocenters. The summed E-state index contributed by atoms with van der Waals surface area (Å²) in [4.78, 5) is 31.8. The number of amides is 1. The van der Waals surface area contributed by atoms with Crippen LogP contribution < -0.4 is 4.90 Å². The van der Waals surface area contributed by atoms with Gasteiger partial charge in [0.25, 0.3) is 5.69 Å². The number of rotatable bonds is 7. The number of aryl methyl sites for hydroxylation is 1. The van der Waals surface area contributed by atoms with Crippen molar-refractivity contribution in [3.63, 3.8) is 0 Å². The number of nitro groups is 1. The fraction of sp³-hybridized carbons (Fsp3) is 0.364. The Hall–Kier alpha value is -3.05. The van der Waals surface area contributed by atoms with E-state index in [2.05, 4.69) is 9.88 Å². The molecule has 0 spiro atoms. The standard InChI is InChI=1S/C22H24N4O5S2/c1-16-4-7-18(8-5-16)33(30,31)14-2-3-21(27)24-10-12-25(13-11-24)22-23-19-9-6-17(26(28)29)15-20(19)32-22/h4-9,15H,2-3,10-14H2,1H3. The second kappa shape index (κ2) is 9.44. The number of thiazole rings is 1.